The minimum Gasteiger partial charge on any atom is -0.365 e. The van der Waals surface area contributed by atoms with Crippen molar-refractivity contribution in [2.24, 2.45) is 4.99 Å². The molecular formula is C10H10ClFN2. The Morgan fingerprint density at radius 3 is 3.00 bits per heavy atom. The average Bonchev–Trinajstić information content (AvgIpc) is 2.57. The summed E-state index contributed by atoms with van der Waals surface area (Å²) in [6.07, 6.45) is 0. The highest BCUT2D eigenvalue weighted by Gasteiger charge is 2.18. The van der Waals surface area contributed by atoms with E-state index in [9.17, 15) is 4.39 Å². The Hall–Kier alpha value is -1.09. The fourth-order valence-corrected chi connectivity index (χ4v) is 1.58. The minimum absolute atomic E-state index is 0.131. The number of nitrogens with zero attached hydrogens (tertiary/aromatic N) is 1. The third kappa shape index (κ3) is 1.60. The molecule has 4 heteroatoms. The molecule has 1 atom stereocenters. The van der Waals surface area contributed by atoms with Crippen LogP contribution in [0.4, 0.5) is 4.39 Å². The van der Waals surface area contributed by atoms with Crippen LogP contribution in [-0.2, 0) is 0 Å². The maximum absolute atomic E-state index is 13.5. The van der Waals surface area contributed by atoms with Crippen LogP contribution in [0.3, 0.4) is 0 Å². The first-order valence-electron chi connectivity index (χ1n) is 4.44. The Kier molecular flexibility index (Phi) is 2.42. The molecule has 1 heterocycles. The standard InChI is InChI=1S/C10H10ClFN2/c1-6-5-13-10(14-6)7-3-2-4-8(11)9(7)12/h2-4,6H,5H2,1H3,(H,13,14). The van der Waals surface area contributed by atoms with E-state index in [1.54, 1.807) is 12.1 Å². The molecule has 0 saturated heterocycles. The molecule has 0 aromatic heterocycles. The first-order valence-corrected chi connectivity index (χ1v) is 4.81. The van der Waals surface area contributed by atoms with E-state index in [2.05, 4.69) is 10.3 Å². The first-order chi connectivity index (χ1) is 6.68. The van der Waals surface area contributed by atoms with Crippen molar-refractivity contribution in [3.63, 3.8) is 0 Å². The summed E-state index contributed by atoms with van der Waals surface area (Å²) in [6.45, 7) is 2.68. The van der Waals surface area contributed by atoms with E-state index in [1.807, 2.05) is 6.92 Å². The number of hydrogen-bond acceptors (Lipinski definition) is 2. The van der Waals surface area contributed by atoms with Gasteiger partial charge in [-0.05, 0) is 19.1 Å². The van der Waals surface area contributed by atoms with E-state index in [0.29, 0.717) is 17.9 Å². The van der Waals surface area contributed by atoms with Gasteiger partial charge in [-0.15, -0.1) is 0 Å². The number of amidine groups is 1. The smallest absolute Gasteiger partial charge is 0.152 e. The van der Waals surface area contributed by atoms with Gasteiger partial charge in [0.1, 0.15) is 5.84 Å². The summed E-state index contributed by atoms with van der Waals surface area (Å²) in [6, 6.07) is 5.18. The number of nitrogens with one attached hydrogen (secondary N) is 1. The van der Waals surface area contributed by atoms with E-state index in [-0.39, 0.29) is 11.1 Å². The normalized spacial score (nSPS) is 20.5. The number of aliphatic imine (C=N–C) groups is 1. The van der Waals surface area contributed by atoms with E-state index < -0.39 is 5.82 Å². The van der Waals surface area contributed by atoms with Crippen LogP contribution < -0.4 is 5.32 Å². The van der Waals surface area contributed by atoms with Gasteiger partial charge in [0.05, 0.1) is 17.1 Å². The fraction of sp³-hybridized carbons (Fsp3) is 0.300. The van der Waals surface area contributed by atoms with Crippen LogP contribution in [0.25, 0.3) is 0 Å². The molecule has 0 spiro atoms. The van der Waals surface area contributed by atoms with E-state index in [0.717, 1.165) is 0 Å². The van der Waals surface area contributed by atoms with Crippen molar-refractivity contribution < 1.29 is 4.39 Å². The molecule has 0 radical (unpaired) electrons. The van der Waals surface area contributed by atoms with Gasteiger partial charge in [-0.25, -0.2) is 4.39 Å². The zero-order chi connectivity index (χ0) is 10.1. The predicted octanol–water partition coefficient (Wildman–Crippen LogP) is 2.22. The molecule has 0 amide bonds. The van der Waals surface area contributed by atoms with Gasteiger partial charge >= 0.3 is 0 Å². The van der Waals surface area contributed by atoms with Gasteiger partial charge in [0.2, 0.25) is 0 Å². The number of hydrogen-bond donors (Lipinski definition) is 1. The lowest BCUT2D eigenvalue weighted by atomic mass is 10.2. The van der Waals surface area contributed by atoms with Gasteiger partial charge in [0.25, 0.3) is 0 Å². The largest absolute Gasteiger partial charge is 0.365 e. The lowest BCUT2D eigenvalue weighted by Crippen LogP contribution is -2.28. The van der Waals surface area contributed by atoms with Crippen LogP contribution in [0.2, 0.25) is 5.02 Å². The highest BCUT2D eigenvalue weighted by atomic mass is 35.5. The SMILES string of the molecule is CC1CN=C(c2cccc(Cl)c2F)N1. The zero-order valence-corrected chi connectivity index (χ0v) is 8.48. The highest BCUT2D eigenvalue weighted by molar-refractivity contribution is 6.31. The zero-order valence-electron chi connectivity index (χ0n) is 7.72. The summed E-state index contributed by atoms with van der Waals surface area (Å²) in [4.78, 5) is 4.20. The highest BCUT2D eigenvalue weighted by Crippen LogP contribution is 2.19. The molecule has 1 aromatic rings. The molecule has 2 rings (SSSR count). The van der Waals surface area contributed by atoms with Crippen LogP contribution in [-0.4, -0.2) is 18.4 Å². The third-order valence-electron chi connectivity index (χ3n) is 2.11. The topological polar surface area (TPSA) is 24.4 Å². The van der Waals surface area contributed by atoms with Gasteiger partial charge in [-0.3, -0.25) is 4.99 Å². The molecule has 2 nitrogen and oxygen atoms in total. The van der Waals surface area contributed by atoms with Crippen LogP contribution in [0.15, 0.2) is 23.2 Å². The van der Waals surface area contributed by atoms with E-state index in [4.69, 9.17) is 11.6 Å². The summed E-state index contributed by atoms with van der Waals surface area (Å²) in [5, 5.41) is 3.22. The molecule has 1 aliphatic heterocycles. The Bertz CT molecular complexity index is 390. The molecule has 0 bridgehead atoms. The second kappa shape index (κ2) is 3.58. The summed E-state index contributed by atoms with van der Waals surface area (Å²) in [5.74, 6) is 0.187. The molecular weight excluding hydrogens is 203 g/mol. The molecule has 1 aromatic carbocycles. The Labute approximate surface area is 86.8 Å². The maximum Gasteiger partial charge on any atom is 0.152 e. The summed E-state index contributed by atoms with van der Waals surface area (Å²) in [7, 11) is 0. The number of rotatable bonds is 1. The number of benzene rings is 1. The van der Waals surface area contributed by atoms with Gasteiger partial charge in [-0.1, -0.05) is 17.7 Å². The molecule has 1 unspecified atom stereocenters. The van der Waals surface area contributed by atoms with Gasteiger partial charge in [0.15, 0.2) is 5.82 Å². The van der Waals surface area contributed by atoms with Crippen molar-refractivity contribution in [2.45, 2.75) is 13.0 Å². The monoisotopic (exact) mass is 212 g/mol. The van der Waals surface area contributed by atoms with Crippen molar-refractivity contribution >= 4 is 17.4 Å². The Balaban J connectivity index is 2.38. The molecule has 0 aliphatic carbocycles. The third-order valence-corrected chi connectivity index (χ3v) is 2.41. The van der Waals surface area contributed by atoms with E-state index in [1.165, 1.54) is 6.07 Å². The summed E-state index contributed by atoms with van der Waals surface area (Å²) < 4.78 is 13.5. The molecule has 1 aliphatic rings. The second-order valence-corrected chi connectivity index (χ2v) is 3.74. The summed E-state index contributed by atoms with van der Waals surface area (Å²) >= 11 is 5.67. The lowest BCUT2D eigenvalue weighted by Gasteiger charge is -2.07. The van der Waals surface area contributed by atoms with Crippen molar-refractivity contribution in [1.29, 1.82) is 0 Å². The quantitative estimate of drug-likeness (QED) is 0.759. The average molecular weight is 213 g/mol. The van der Waals surface area contributed by atoms with Crippen molar-refractivity contribution in [3.05, 3.63) is 34.6 Å². The van der Waals surface area contributed by atoms with Crippen molar-refractivity contribution in [3.8, 4) is 0 Å². The van der Waals surface area contributed by atoms with Crippen molar-refractivity contribution in [2.75, 3.05) is 6.54 Å². The van der Waals surface area contributed by atoms with Gasteiger partial charge < -0.3 is 5.32 Å². The molecule has 0 saturated carbocycles. The predicted molar refractivity (Wildman–Crippen MR) is 55.4 cm³/mol. The Morgan fingerprint density at radius 2 is 2.36 bits per heavy atom. The second-order valence-electron chi connectivity index (χ2n) is 3.34. The first kappa shape index (κ1) is 9.46. The fourth-order valence-electron chi connectivity index (χ4n) is 1.40. The van der Waals surface area contributed by atoms with Gasteiger partial charge in [-0.2, -0.15) is 0 Å². The van der Waals surface area contributed by atoms with Crippen molar-refractivity contribution in [1.82, 2.24) is 5.32 Å². The lowest BCUT2D eigenvalue weighted by molar-refractivity contribution is 0.624. The van der Waals surface area contributed by atoms with Crippen LogP contribution in [0.5, 0.6) is 0 Å². The maximum atomic E-state index is 13.5. The molecule has 0 fully saturated rings. The van der Waals surface area contributed by atoms with Crippen LogP contribution in [0, 0.1) is 5.82 Å². The van der Waals surface area contributed by atoms with Gasteiger partial charge in [0, 0.05) is 6.04 Å². The molecule has 1 N–H and O–H groups in total. The van der Waals surface area contributed by atoms with Crippen LogP contribution >= 0.6 is 11.6 Å². The van der Waals surface area contributed by atoms with Crippen LogP contribution in [0.1, 0.15) is 12.5 Å². The summed E-state index contributed by atoms with van der Waals surface area (Å²) in [5.41, 5.74) is 0.446. The molecule has 74 valence electrons. The van der Waals surface area contributed by atoms with E-state index >= 15 is 0 Å². The minimum atomic E-state index is -0.408. The number of halogens is 2. The molecule has 14 heavy (non-hydrogen) atoms. The Morgan fingerprint density at radius 1 is 1.57 bits per heavy atom.